The summed E-state index contributed by atoms with van der Waals surface area (Å²) in [7, 11) is 0. The molecule has 4 fully saturated rings. The molecule has 2 aromatic heterocycles. The maximum absolute atomic E-state index is 13.3. The summed E-state index contributed by atoms with van der Waals surface area (Å²) in [5.41, 5.74) is 1.81. The number of piperazine rings is 2. The number of anilines is 4. The lowest BCUT2D eigenvalue weighted by Crippen LogP contribution is -2.49. The van der Waals surface area contributed by atoms with E-state index in [-0.39, 0.29) is 60.9 Å². The molecule has 2 saturated carbocycles. The molecule has 4 aliphatic rings. The van der Waals surface area contributed by atoms with Gasteiger partial charge >= 0.3 is 0 Å². The van der Waals surface area contributed by atoms with Crippen LogP contribution in [0.25, 0.3) is 0 Å². The summed E-state index contributed by atoms with van der Waals surface area (Å²) in [6, 6.07) is 26.6. The third-order valence-corrected chi connectivity index (χ3v) is 12.8. The van der Waals surface area contributed by atoms with Gasteiger partial charge in [0.05, 0.1) is 11.4 Å². The summed E-state index contributed by atoms with van der Waals surface area (Å²) in [6.07, 6.45) is 14.6. The summed E-state index contributed by atoms with van der Waals surface area (Å²) in [4.78, 5) is 48.6. The molecule has 344 valence electrons. The van der Waals surface area contributed by atoms with Gasteiger partial charge in [0.25, 0.3) is 0 Å². The third kappa shape index (κ3) is 14.3. The van der Waals surface area contributed by atoms with Crippen molar-refractivity contribution in [2.75, 3.05) is 98.1 Å². The van der Waals surface area contributed by atoms with Crippen molar-refractivity contribution in [1.82, 2.24) is 19.8 Å². The first kappa shape index (κ1) is 51.3. The van der Waals surface area contributed by atoms with Crippen LogP contribution in [0.2, 0.25) is 0 Å². The van der Waals surface area contributed by atoms with Crippen LogP contribution in [0, 0.1) is 11.8 Å². The Bertz CT molecular complexity index is 1790. The minimum atomic E-state index is 0. The second-order valence-corrected chi connectivity index (χ2v) is 16.7. The van der Waals surface area contributed by atoms with Crippen molar-refractivity contribution in [2.24, 2.45) is 11.8 Å². The Morgan fingerprint density at radius 3 is 1.17 bits per heavy atom. The van der Waals surface area contributed by atoms with E-state index in [1.54, 1.807) is 24.5 Å². The second kappa shape index (κ2) is 26.5. The monoisotopic (exact) mass is 924 g/mol. The number of carbonyl (C=O) groups is 2. The molecule has 12 nitrogen and oxygen atoms in total. The van der Waals surface area contributed by atoms with Gasteiger partial charge in [-0.1, -0.05) is 74.9 Å². The maximum atomic E-state index is 13.3. The van der Waals surface area contributed by atoms with Crippen LogP contribution in [-0.4, -0.2) is 120 Å². The largest absolute Gasteiger partial charge is 0.506 e. The molecule has 0 spiro atoms. The molecule has 0 atom stereocenters. The van der Waals surface area contributed by atoms with E-state index in [2.05, 4.69) is 29.6 Å². The van der Waals surface area contributed by atoms with E-state index < -0.39 is 0 Å². The topological polar surface area (TPSA) is 120 Å². The molecule has 8 rings (SSSR count). The molecule has 2 saturated heterocycles. The molecule has 2 amide bonds. The molecule has 2 aromatic carbocycles. The van der Waals surface area contributed by atoms with Crippen molar-refractivity contribution in [3.8, 4) is 11.5 Å². The number of aromatic hydroxyl groups is 2. The van der Waals surface area contributed by atoms with Crippen LogP contribution in [0.4, 0.5) is 23.0 Å². The minimum absolute atomic E-state index is 0. The van der Waals surface area contributed by atoms with E-state index in [0.29, 0.717) is 24.6 Å². The van der Waals surface area contributed by atoms with E-state index in [1.807, 2.05) is 82.6 Å². The lowest BCUT2D eigenvalue weighted by Gasteiger charge is -2.37. The lowest BCUT2D eigenvalue weighted by atomic mass is 9.88. The standard InChI is InChI=1S/2C24H32N4O2.3ClH/c2*29-22-11-5-4-10-21(22)27-17-14-26(15-18-27)16-19-28(23-12-6-7-13-25-23)24(30)20-8-2-1-3-9-20;;;/h2*4-7,10-13,20,29H,1-3,8-9,14-19H2;3*1H. The van der Waals surface area contributed by atoms with Crippen molar-refractivity contribution >= 4 is 72.0 Å². The molecule has 4 aromatic rings. The Balaban J connectivity index is 0.000000264. The normalized spacial score (nSPS) is 17.5. The number of hydrogen-bond acceptors (Lipinski definition) is 10. The Hall–Kier alpha value is -4.33. The zero-order chi connectivity index (χ0) is 41.5. The predicted octanol–water partition coefficient (Wildman–Crippen LogP) is 8.31. The van der Waals surface area contributed by atoms with Gasteiger partial charge in [-0.05, 0) is 74.2 Å². The van der Waals surface area contributed by atoms with Gasteiger partial charge in [-0.2, -0.15) is 0 Å². The van der Waals surface area contributed by atoms with Crippen molar-refractivity contribution in [2.45, 2.75) is 64.2 Å². The number of para-hydroxylation sites is 4. The number of aromatic nitrogens is 2. The number of nitrogens with zero attached hydrogens (tertiary/aromatic N) is 8. The number of benzene rings is 2. The van der Waals surface area contributed by atoms with Crippen molar-refractivity contribution in [3.05, 3.63) is 97.3 Å². The van der Waals surface area contributed by atoms with Crippen LogP contribution in [0.1, 0.15) is 64.2 Å². The summed E-state index contributed by atoms with van der Waals surface area (Å²) >= 11 is 0. The Kier molecular flexibility index (Phi) is 21.5. The molecule has 0 radical (unpaired) electrons. The quantitative estimate of drug-likeness (QED) is 0.144. The first-order valence-corrected chi connectivity index (χ1v) is 22.4. The molecular formula is C48H67Cl3N8O4. The van der Waals surface area contributed by atoms with Crippen LogP contribution in [0.3, 0.4) is 0 Å². The van der Waals surface area contributed by atoms with E-state index in [9.17, 15) is 19.8 Å². The number of phenols is 2. The van der Waals surface area contributed by atoms with Crippen molar-refractivity contribution in [3.63, 3.8) is 0 Å². The first-order chi connectivity index (χ1) is 29.4. The average molecular weight is 926 g/mol. The van der Waals surface area contributed by atoms with E-state index >= 15 is 0 Å². The highest BCUT2D eigenvalue weighted by Gasteiger charge is 2.30. The molecule has 2 aliphatic heterocycles. The van der Waals surface area contributed by atoms with E-state index in [0.717, 1.165) is 140 Å². The summed E-state index contributed by atoms with van der Waals surface area (Å²) < 4.78 is 0. The number of pyridine rings is 2. The zero-order valence-corrected chi connectivity index (χ0v) is 38.9. The Labute approximate surface area is 392 Å². The van der Waals surface area contributed by atoms with Crippen LogP contribution < -0.4 is 19.6 Å². The fraction of sp³-hybridized carbons (Fsp3) is 0.500. The molecule has 2 N–H and O–H groups in total. The highest BCUT2D eigenvalue weighted by atomic mass is 35.5. The molecule has 0 unspecified atom stereocenters. The fourth-order valence-electron chi connectivity index (χ4n) is 9.21. The molecule has 63 heavy (non-hydrogen) atoms. The van der Waals surface area contributed by atoms with E-state index in [1.165, 1.54) is 12.8 Å². The van der Waals surface area contributed by atoms with Gasteiger partial charge < -0.3 is 20.0 Å². The van der Waals surface area contributed by atoms with Gasteiger partial charge in [0.1, 0.15) is 23.1 Å². The lowest BCUT2D eigenvalue weighted by molar-refractivity contribution is -0.124. The Morgan fingerprint density at radius 1 is 0.492 bits per heavy atom. The van der Waals surface area contributed by atoms with Gasteiger partial charge in [0.15, 0.2) is 0 Å². The highest BCUT2D eigenvalue weighted by molar-refractivity contribution is 5.95. The number of halogens is 3. The predicted molar refractivity (Wildman–Crippen MR) is 262 cm³/mol. The average Bonchev–Trinajstić information content (AvgIpc) is 3.31. The van der Waals surface area contributed by atoms with Gasteiger partial charge in [-0.25, -0.2) is 9.97 Å². The molecular weight excluding hydrogens is 859 g/mol. The summed E-state index contributed by atoms with van der Waals surface area (Å²) in [5, 5.41) is 20.2. The zero-order valence-electron chi connectivity index (χ0n) is 36.5. The van der Waals surface area contributed by atoms with Crippen LogP contribution in [-0.2, 0) is 9.59 Å². The molecule has 2 aliphatic carbocycles. The van der Waals surface area contributed by atoms with Gasteiger partial charge in [-0.15, -0.1) is 37.2 Å². The summed E-state index contributed by atoms with van der Waals surface area (Å²) in [5.74, 6) is 2.96. The minimum Gasteiger partial charge on any atom is -0.506 e. The van der Waals surface area contributed by atoms with E-state index in [4.69, 9.17) is 0 Å². The maximum Gasteiger partial charge on any atom is 0.231 e. The number of rotatable bonds is 12. The van der Waals surface area contributed by atoms with Crippen LogP contribution in [0.5, 0.6) is 11.5 Å². The second-order valence-electron chi connectivity index (χ2n) is 16.7. The summed E-state index contributed by atoms with van der Waals surface area (Å²) in [6.45, 7) is 10.2. The Morgan fingerprint density at radius 2 is 0.841 bits per heavy atom. The first-order valence-electron chi connectivity index (χ1n) is 22.4. The number of carbonyl (C=O) groups excluding carboxylic acids is 2. The number of hydrogen-bond donors (Lipinski definition) is 2. The highest BCUT2D eigenvalue weighted by Crippen LogP contribution is 2.31. The number of amides is 2. The SMILES string of the molecule is Cl.Cl.Cl.O=C(C1CCCCC1)N(CCN1CCN(c2ccccc2O)CC1)c1ccccn1.O=C(C1CCCCC1)N(CCN1CCN(c2ccccc2O)CC1)c1ccccn1. The van der Waals surface area contributed by atoms with Crippen molar-refractivity contribution < 1.29 is 19.8 Å². The third-order valence-electron chi connectivity index (χ3n) is 12.8. The number of phenolic OH excluding ortho intramolecular Hbond substituents is 2. The van der Waals surface area contributed by atoms with Crippen LogP contribution >= 0.6 is 37.2 Å². The van der Waals surface area contributed by atoms with Gasteiger partial charge in [0, 0.05) is 103 Å². The molecule has 4 heterocycles. The van der Waals surface area contributed by atoms with Gasteiger partial charge in [0.2, 0.25) is 11.8 Å². The molecule has 15 heteroatoms. The smallest absolute Gasteiger partial charge is 0.231 e. The van der Waals surface area contributed by atoms with Gasteiger partial charge in [-0.3, -0.25) is 29.2 Å². The van der Waals surface area contributed by atoms with Crippen molar-refractivity contribution in [1.29, 1.82) is 0 Å². The van der Waals surface area contributed by atoms with Crippen LogP contribution in [0.15, 0.2) is 97.3 Å². The fourth-order valence-corrected chi connectivity index (χ4v) is 9.21. The molecule has 0 bridgehead atoms.